The Labute approximate surface area is 90.8 Å². The second kappa shape index (κ2) is 3.62. The van der Waals surface area contributed by atoms with Crippen molar-refractivity contribution in [2.24, 2.45) is 0 Å². The topological polar surface area (TPSA) is 15.8 Å². The third-order valence-electron chi connectivity index (χ3n) is 3.53. The Morgan fingerprint density at radius 3 is 2.87 bits per heavy atom. The van der Waals surface area contributed by atoms with Crippen LogP contribution in [0.2, 0.25) is 0 Å². The number of piperidine rings is 1. The summed E-state index contributed by atoms with van der Waals surface area (Å²) in [5.74, 6) is 0. The Morgan fingerprint density at radius 2 is 2.07 bits per heavy atom. The Balaban J connectivity index is 1.67. The third kappa shape index (κ3) is 1.92. The van der Waals surface area contributed by atoms with E-state index in [1.54, 1.807) is 0 Å². The van der Waals surface area contributed by atoms with Gasteiger partial charge >= 0.3 is 0 Å². The van der Waals surface area contributed by atoms with E-state index in [9.17, 15) is 0 Å². The molecular weight excluding hydrogens is 186 g/mol. The highest BCUT2D eigenvalue weighted by molar-refractivity contribution is 5.15. The van der Waals surface area contributed by atoms with Gasteiger partial charge in [0.1, 0.15) is 0 Å². The number of hydrogen-bond acceptors (Lipinski definition) is 2. The molecule has 15 heavy (non-hydrogen) atoms. The summed E-state index contributed by atoms with van der Waals surface area (Å²) >= 11 is 0. The van der Waals surface area contributed by atoms with Crippen molar-refractivity contribution in [1.82, 2.24) is 4.90 Å². The highest BCUT2D eigenvalue weighted by Crippen LogP contribution is 2.34. The SMILES string of the molecule is C[C@@H]1C[C@H]2O[C@@H]2CN1Cc1ccccc1. The highest BCUT2D eigenvalue weighted by atomic mass is 16.6. The van der Waals surface area contributed by atoms with Crippen molar-refractivity contribution in [2.75, 3.05) is 6.54 Å². The average Bonchev–Trinajstić information content (AvgIpc) is 2.98. The van der Waals surface area contributed by atoms with Gasteiger partial charge in [0.15, 0.2) is 0 Å². The van der Waals surface area contributed by atoms with Gasteiger partial charge in [-0.15, -0.1) is 0 Å². The number of benzene rings is 1. The maximum absolute atomic E-state index is 5.57. The van der Waals surface area contributed by atoms with E-state index < -0.39 is 0 Å². The first-order valence-electron chi connectivity index (χ1n) is 5.76. The molecule has 2 fully saturated rings. The molecule has 0 unspecified atom stereocenters. The van der Waals surface area contributed by atoms with Crippen LogP contribution in [0.3, 0.4) is 0 Å². The van der Waals surface area contributed by atoms with E-state index in [-0.39, 0.29) is 0 Å². The Morgan fingerprint density at radius 1 is 1.27 bits per heavy atom. The molecule has 2 nitrogen and oxygen atoms in total. The summed E-state index contributed by atoms with van der Waals surface area (Å²) in [6.07, 6.45) is 2.31. The first kappa shape index (κ1) is 9.37. The summed E-state index contributed by atoms with van der Waals surface area (Å²) in [6, 6.07) is 11.4. The zero-order valence-corrected chi connectivity index (χ0v) is 9.10. The Bertz CT molecular complexity index is 338. The molecule has 0 radical (unpaired) electrons. The minimum Gasteiger partial charge on any atom is -0.368 e. The molecule has 1 aromatic rings. The van der Waals surface area contributed by atoms with Crippen molar-refractivity contribution in [3.8, 4) is 0 Å². The average molecular weight is 203 g/mol. The largest absolute Gasteiger partial charge is 0.368 e. The minimum atomic E-state index is 0.532. The fourth-order valence-electron chi connectivity index (χ4n) is 2.48. The maximum atomic E-state index is 5.57. The van der Waals surface area contributed by atoms with Gasteiger partial charge in [0.05, 0.1) is 12.2 Å². The van der Waals surface area contributed by atoms with Gasteiger partial charge in [-0.1, -0.05) is 30.3 Å². The lowest BCUT2D eigenvalue weighted by atomic mass is 10.0. The quantitative estimate of drug-likeness (QED) is 0.684. The van der Waals surface area contributed by atoms with Crippen LogP contribution in [0.1, 0.15) is 18.9 Å². The molecule has 3 atom stereocenters. The van der Waals surface area contributed by atoms with Gasteiger partial charge < -0.3 is 4.74 Å². The number of likely N-dealkylation sites (tertiary alicyclic amines) is 1. The second-order valence-corrected chi connectivity index (χ2v) is 4.71. The minimum absolute atomic E-state index is 0.532. The van der Waals surface area contributed by atoms with E-state index in [0.29, 0.717) is 18.2 Å². The van der Waals surface area contributed by atoms with E-state index in [1.165, 1.54) is 12.0 Å². The molecule has 80 valence electrons. The van der Waals surface area contributed by atoms with Crippen molar-refractivity contribution in [3.05, 3.63) is 35.9 Å². The number of ether oxygens (including phenoxy) is 1. The molecule has 2 aliphatic heterocycles. The van der Waals surface area contributed by atoms with E-state index in [0.717, 1.165) is 13.1 Å². The van der Waals surface area contributed by atoms with Crippen molar-refractivity contribution in [1.29, 1.82) is 0 Å². The predicted octanol–water partition coefficient (Wildman–Crippen LogP) is 2.05. The molecule has 0 aliphatic carbocycles. The Hall–Kier alpha value is -0.860. The molecule has 0 saturated carbocycles. The fraction of sp³-hybridized carbons (Fsp3) is 0.538. The maximum Gasteiger partial charge on any atom is 0.0969 e. The van der Waals surface area contributed by atoms with E-state index in [1.807, 2.05) is 0 Å². The van der Waals surface area contributed by atoms with Crippen LogP contribution in [0.4, 0.5) is 0 Å². The van der Waals surface area contributed by atoms with E-state index in [4.69, 9.17) is 4.74 Å². The number of nitrogens with zero attached hydrogens (tertiary/aromatic N) is 1. The lowest BCUT2D eigenvalue weighted by Gasteiger charge is -2.31. The second-order valence-electron chi connectivity index (χ2n) is 4.71. The van der Waals surface area contributed by atoms with Gasteiger partial charge in [0.25, 0.3) is 0 Å². The van der Waals surface area contributed by atoms with Crippen LogP contribution in [-0.4, -0.2) is 29.7 Å². The van der Waals surface area contributed by atoms with Crippen LogP contribution < -0.4 is 0 Å². The summed E-state index contributed by atoms with van der Waals surface area (Å²) < 4.78 is 5.57. The fourth-order valence-corrected chi connectivity index (χ4v) is 2.48. The van der Waals surface area contributed by atoms with Crippen molar-refractivity contribution in [2.45, 2.75) is 38.1 Å². The van der Waals surface area contributed by atoms with Crippen molar-refractivity contribution in [3.63, 3.8) is 0 Å². The lowest BCUT2D eigenvalue weighted by Crippen LogP contribution is -2.40. The standard InChI is InChI=1S/C13H17NO/c1-10-7-12-13(15-12)9-14(10)8-11-5-3-2-4-6-11/h2-6,10,12-13H,7-9H2,1H3/t10-,12-,13-/m1/s1. The van der Waals surface area contributed by atoms with Crippen LogP contribution in [-0.2, 0) is 11.3 Å². The van der Waals surface area contributed by atoms with Crippen LogP contribution >= 0.6 is 0 Å². The molecule has 2 heteroatoms. The summed E-state index contributed by atoms with van der Waals surface area (Å²) in [5.41, 5.74) is 1.41. The molecule has 0 spiro atoms. The molecule has 2 heterocycles. The third-order valence-corrected chi connectivity index (χ3v) is 3.53. The summed E-state index contributed by atoms with van der Waals surface area (Å²) in [5, 5.41) is 0. The Kier molecular flexibility index (Phi) is 2.26. The molecule has 1 aromatic carbocycles. The number of hydrogen-bond donors (Lipinski definition) is 0. The van der Waals surface area contributed by atoms with E-state index in [2.05, 4.69) is 42.2 Å². The summed E-state index contributed by atoms with van der Waals surface area (Å²) in [4.78, 5) is 2.53. The monoisotopic (exact) mass is 203 g/mol. The molecular formula is C13H17NO. The van der Waals surface area contributed by atoms with Gasteiger partial charge in [0, 0.05) is 19.1 Å². The summed E-state index contributed by atoms with van der Waals surface area (Å²) in [7, 11) is 0. The van der Waals surface area contributed by atoms with Crippen LogP contribution in [0.5, 0.6) is 0 Å². The van der Waals surface area contributed by atoms with Crippen LogP contribution in [0.15, 0.2) is 30.3 Å². The number of rotatable bonds is 2. The number of epoxide rings is 1. The molecule has 0 bridgehead atoms. The highest BCUT2D eigenvalue weighted by Gasteiger charge is 2.45. The van der Waals surface area contributed by atoms with E-state index >= 15 is 0 Å². The first-order valence-corrected chi connectivity index (χ1v) is 5.76. The smallest absolute Gasteiger partial charge is 0.0969 e. The lowest BCUT2D eigenvalue weighted by molar-refractivity contribution is 0.170. The van der Waals surface area contributed by atoms with Gasteiger partial charge in [-0.05, 0) is 18.9 Å². The van der Waals surface area contributed by atoms with Gasteiger partial charge in [-0.25, -0.2) is 0 Å². The van der Waals surface area contributed by atoms with Crippen LogP contribution in [0.25, 0.3) is 0 Å². The zero-order chi connectivity index (χ0) is 10.3. The van der Waals surface area contributed by atoms with Crippen molar-refractivity contribution < 1.29 is 4.74 Å². The van der Waals surface area contributed by atoms with Crippen molar-refractivity contribution >= 4 is 0 Å². The molecule has 3 rings (SSSR count). The van der Waals surface area contributed by atoms with Gasteiger partial charge in [0.2, 0.25) is 0 Å². The normalized spacial score (nSPS) is 34.9. The molecule has 2 aliphatic rings. The van der Waals surface area contributed by atoms with Gasteiger partial charge in [-0.3, -0.25) is 4.90 Å². The predicted molar refractivity (Wildman–Crippen MR) is 59.6 cm³/mol. The molecule has 0 N–H and O–H groups in total. The molecule has 2 saturated heterocycles. The molecule has 0 amide bonds. The molecule has 0 aromatic heterocycles. The van der Waals surface area contributed by atoms with Gasteiger partial charge in [-0.2, -0.15) is 0 Å². The first-order chi connectivity index (χ1) is 7.33. The van der Waals surface area contributed by atoms with Crippen LogP contribution in [0, 0.1) is 0 Å². The number of fused-ring (bicyclic) bond motifs is 1. The summed E-state index contributed by atoms with van der Waals surface area (Å²) in [6.45, 7) is 4.48. The zero-order valence-electron chi connectivity index (χ0n) is 9.10.